The molecule has 33 heavy (non-hydrogen) atoms. The van der Waals surface area contributed by atoms with Gasteiger partial charge in [-0.05, 0) is 31.2 Å². The highest BCUT2D eigenvalue weighted by Crippen LogP contribution is 2.43. The molecule has 5 rings (SSSR count). The van der Waals surface area contributed by atoms with Crippen molar-refractivity contribution in [1.29, 1.82) is 0 Å². The number of carbonyl (C=O) groups is 1. The largest absolute Gasteiger partial charge is 0.503 e. The number of non-ortho nitro benzene ring substituents is 1. The molecule has 5 aromatic rings. The van der Waals surface area contributed by atoms with Gasteiger partial charge in [0, 0.05) is 17.7 Å². The normalized spacial score (nSPS) is 11.2. The highest BCUT2D eigenvalue weighted by atomic mass is 16.6. The second-order valence-corrected chi connectivity index (χ2v) is 7.08. The van der Waals surface area contributed by atoms with Crippen molar-refractivity contribution in [2.24, 2.45) is 0 Å². The number of hydrogen-bond donors (Lipinski definition) is 3. The topological polar surface area (TPSA) is 173 Å². The molecule has 3 N–H and O–H groups in total. The lowest BCUT2D eigenvalue weighted by atomic mass is 10.0. The number of nitrogens with one attached hydrogen (secondary N) is 1. The summed E-state index contributed by atoms with van der Waals surface area (Å²) in [6.07, 6.45) is 2.85. The first-order chi connectivity index (χ1) is 15.8. The van der Waals surface area contributed by atoms with Crippen molar-refractivity contribution < 1.29 is 24.3 Å². The minimum absolute atomic E-state index is 0.0221. The van der Waals surface area contributed by atoms with Gasteiger partial charge in [0.25, 0.3) is 5.69 Å². The molecule has 4 heterocycles. The van der Waals surface area contributed by atoms with E-state index >= 15 is 0 Å². The fraction of sp³-hybridized carbons (Fsp3) is 0.0476. The second-order valence-electron chi connectivity index (χ2n) is 7.08. The van der Waals surface area contributed by atoms with Gasteiger partial charge in [-0.2, -0.15) is 4.98 Å². The molecule has 0 fully saturated rings. The third-order valence-corrected chi connectivity index (χ3v) is 5.03. The predicted molar refractivity (Wildman–Crippen MR) is 113 cm³/mol. The van der Waals surface area contributed by atoms with Gasteiger partial charge < -0.3 is 19.6 Å². The van der Waals surface area contributed by atoms with Crippen LogP contribution in [0.5, 0.6) is 11.6 Å². The van der Waals surface area contributed by atoms with E-state index in [2.05, 4.69) is 19.9 Å². The van der Waals surface area contributed by atoms with Crippen LogP contribution in [-0.4, -0.2) is 45.4 Å². The lowest BCUT2D eigenvalue weighted by Gasteiger charge is -2.10. The van der Waals surface area contributed by atoms with Crippen molar-refractivity contribution in [3.8, 4) is 28.8 Å². The SMILES string of the molecule is Cc1ccc(C(=O)c2c(O)c(O)n(-c3ncc4[nH]cnc4n3)c2-c2ccc([N+](=O)[O-])cc2)o1. The maximum atomic E-state index is 13.3. The first-order valence-corrected chi connectivity index (χ1v) is 9.54. The summed E-state index contributed by atoms with van der Waals surface area (Å²) in [6, 6.07) is 8.28. The molecule has 0 amide bonds. The Kier molecular flexibility index (Phi) is 4.41. The number of benzene rings is 1. The van der Waals surface area contributed by atoms with Crippen molar-refractivity contribution in [2.45, 2.75) is 6.92 Å². The van der Waals surface area contributed by atoms with E-state index < -0.39 is 22.3 Å². The molecular formula is C21H14N6O6. The number of furan rings is 1. The van der Waals surface area contributed by atoms with Gasteiger partial charge in [-0.1, -0.05) is 0 Å². The zero-order chi connectivity index (χ0) is 23.3. The molecule has 0 aliphatic rings. The number of nitro groups is 1. The summed E-state index contributed by atoms with van der Waals surface area (Å²) >= 11 is 0. The van der Waals surface area contributed by atoms with Crippen LogP contribution in [-0.2, 0) is 0 Å². The average Bonchev–Trinajstić information content (AvgIpc) is 3.51. The summed E-state index contributed by atoms with van der Waals surface area (Å²) in [4.78, 5) is 39.2. The number of H-pyrrole nitrogens is 1. The summed E-state index contributed by atoms with van der Waals surface area (Å²) in [5.41, 5.74) is 0.684. The van der Waals surface area contributed by atoms with Crippen molar-refractivity contribution in [3.63, 3.8) is 0 Å². The number of hydrogen-bond acceptors (Lipinski definition) is 9. The Hall–Kier alpha value is -5.00. The van der Waals surface area contributed by atoms with Crippen LogP contribution in [0.1, 0.15) is 21.9 Å². The van der Waals surface area contributed by atoms with E-state index in [9.17, 15) is 25.1 Å². The molecule has 4 aromatic heterocycles. The molecule has 0 spiro atoms. The number of fused-ring (bicyclic) bond motifs is 1. The van der Waals surface area contributed by atoms with Gasteiger partial charge in [-0.25, -0.2) is 14.5 Å². The van der Waals surface area contributed by atoms with Gasteiger partial charge in [-0.15, -0.1) is 0 Å². The van der Waals surface area contributed by atoms with Crippen LogP contribution >= 0.6 is 0 Å². The van der Waals surface area contributed by atoms with Crippen molar-refractivity contribution in [3.05, 3.63) is 76.1 Å². The van der Waals surface area contributed by atoms with E-state index in [1.54, 1.807) is 13.0 Å². The zero-order valence-electron chi connectivity index (χ0n) is 16.9. The first kappa shape index (κ1) is 19.9. The Morgan fingerprint density at radius 1 is 1.15 bits per heavy atom. The van der Waals surface area contributed by atoms with E-state index in [0.717, 1.165) is 4.57 Å². The first-order valence-electron chi connectivity index (χ1n) is 9.54. The Morgan fingerprint density at radius 3 is 2.58 bits per heavy atom. The molecule has 0 bridgehead atoms. The second kappa shape index (κ2) is 7.30. The molecule has 164 valence electrons. The average molecular weight is 446 g/mol. The smallest absolute Gasteiger partial charge is 0.269 e. The van der Waals surface area contributed by atoms with Crippen LogP contribution in [0.15, 0.2) is 53.3 Å². The number of aromatic hydroxyl groups is 2. The molecule has 0 atom stereocenters. The van der Waals surface area contributed by atoms with Crippen molar-refractivity contribution in [2.75, 3.05) is 0 Å². The Labute approximate surface area is 183 Å². The van der Waals surface area contributed by atoms with Crippen LogP contribution in [0.4, 0.5) is 5.69 Å². The monoisotopic (exact) mass is 446 g/mol. The summed E-state index contributed by atoms with van der Waals surface area (Å²) in [5, 5.41) is 32.6. The standard InChI is InChI=1S/C21H14N6O6/c1-10-2-7-14(33-10)17(28)15-16(11-3-5-12(6-4-11)27(31)32)26(20(30)18(15)29)21-22-8-13-19(25-21)24-9-23-13/h2-9,29-30H,1H3,(H,22,23,24,25). The van der Waals surface area contributed by atoms with Gasteiger partial charge in [0.15, 0.2) is 17.2 Å². The number of aryl methyl sites for hydroxylation is 1. The Bertz CT molecular complexity index is 1550. The molecular weight excluding hydrogens is 432 g/mol. The highest BCUT2D eigenvalue weighted by molar-refractivity contribution is 6.13. The van der Waals surface area contributed by atoms with Gasteiger partial charge in [0.1, 0.15) is 11.3 Å². The van der Waals surface area contributed by atoms with Crippen LogP contribution in [0.3, 0.4) is 0 Å². The number of ketones is 1. The number of aromatic amines is 1. The van der Waals surface area contributed by atoms with Crippen LogP contribution in [0, 0.1) is 17.0 Å². The molecule has 0 saturated heterocycles. The van der Waals surface area contributed by atoms with Crippen LogP contribution < -0.4 is 0 Å². The Morgan fingerprint density at radius 2 is 1.91 bits per heavy atom. The van der Waals surface area contributed by atoms with E-state index in [1.165, 1.54) is 42.9 Å². The van der Waals surface area contributed by atoms with Gasteiger partial charge in [-0.3, -0.25) is 14.9 Å². The van der Waals surface area contributed by atoms with E-state index in [0.29, 0.717) is 11.3 Å². The number of imidazole rings is 1. The molecule has 1 aromatic carbocycles. The third-order valence-electron chi connectivity index (χ3n) is 5.03. The van der Waals surface area contributed by atoms with E-state index in [-0.39, 0.29) is 39.9 Å². The third kappa shape index (κ3) is 3.17. The molecule has 12 nitrogen and oxygen atoms in total. The molecule has 12 heteroatoms. The van der Waals surface area contributed by atoms with Crippen LogP contribution in [0.25, 0.3) is 28.4 Å². The molecule has 0 aliphatic heterocycles. The molecule has 0 saturated carbocycles. The summed E-state index contributed by atoms with van der Waals surface area (Å²) < 4.78 is 6.49. The number of aromatic nitrogens is 5. The molecule has 0 radical (unpaired) electrons. The van der Waals surface area contributed by atoms with Gasteiger partial charge >= 0.3 is 0 Å². The summed E-state index contributed by atoms with van der Waals surface area (Å²) in [5.74, 6) is -1.77. The number of carbonyl (C=O) groups excluding carboxylic acids is 1. The van der Waals surface area contributed by atoms with Gasteiger partial charge in [0.05, 0.1) is 28.7 Å². The zero-order valence-corrected chi connectivity index (χ0v) is 16.9. The molecule has 0 aliphatic carbocycles. The minimum Gasteiger partial charge on any atom is -0.503 e. The Balaban J connectivity index is 1.79. The van der Waals surface area contributed by atoms with E-state index in [1.807, 2.05) is 0 Å². The number of rotatable bonds is 5. The van der Waals surface area contributed by atoms with Gasteiger partial charge in [0.2, 0.25) is 17.6 Å². The quantitative estimate of drug-likeness (QED) is 0.208. The highest BCUT2D eigenvalue weighted by Gasteiger charge is 2.32. The van der Waals surface area contributed by atoms with Crippen molar-refractivity contribution >= 4 is 22.6 Å². The number of nitrogens with zero attached hydrogens (tertiary/aromatic N) is 5. The summed E-state index contributed by atoms with van der Waals surface area (Å²) in [6.45, 7) is 1.66. The maximum absolute atomic E-state index is 13.3. The molecule has 0 unspecified atom stereocenters. The minimum atomic E-state index is -0.715. The lowest BCUT2D eigenvalue weighted by molar-refractivity contribution is -0.384. The number of nitro benzene ring substituents is 1. The fourth-order valence-corrected chi connectivity index (χ4v) is 3.49. The summed E-state index contributed by atoms with van der Waals surface area (Å²) in [7, 11) is 0. The van der Waals surface area contributed by atoms with Crippen molar-refractivity contribution in [1.82, 2.24) is 24.5 Å². The fourth-order valence-electron chi connectivity index (χ4n) is 3.49. The lowest BCUT2D eigenvalue weighted by Crippen LogP contribution is -2.06. The van der Waals surface area contributed by atoms with Crippen LogP contribution in [0.2, 0.25) is 0 Å². The predicted octanol–water partition coefficient (Wildman–Crippen LogP) is 3.26. The maximum Gasteiger partial charge on any atom is 0.269 e. The van der Waals surface area contributed by atoms with E-state index in [4.69, 9.17) is 4.42 Å².